The van der Waals surface area contributed by atoms with Crippen molar-refractivity contribution >= 4 is 15.8 Å². The fourth-order valence-corrected chi connectivity index (χ4v) is 3.69. The number of halogens is 1. The Morgan fingerprint density at radius 1 is 1.18 bits per heavy atom. The minimum atomic E-state index is -3.68. The maximum atomic E-state index is 13.6. The molecule has 22 heavy (non-hydrogen) atoms. The van der Waals surface area contributed by atoms with Crippen molar-refractivity contribution in [2.45, 2.75) is 30.6 Å². The van der Waals surface area contributed by atoms with E-state index in [4.69, 9.17) is 5.73 Å². The van der Waals surface area contributed by atoms with Crippen LogP contribution in [0.5, 0.6) is 0 Å². The Morgan fingerprint density at radius 3 is 2.45 bits per heavy atom. The Bertz CT molecular complexity index is 623. The number of hydrogen-bond donors (Lipinski definition) is 1. The molecule has 2 N–H and O–H groups in total. The largest absolute Gasteiger partial charge is 0.370 e. The van der Waals surface area contributed by atoms with Gasteiger partial charge in [-0.3, -0.25) is 4.99 Å². The van der Waals surface area contributed by atoms with E-state index in [1.807, 2.05) is 4.90 Å². The lowest BCUT2D eigenvalue weighted by atomic mass is 10.2. The summed E-state index contributed by atoms with van der Waals surface area (Å²) < 4.78 is 37.8. The van der Waals surface area contributed by atoms with Crippen LogP contribution in [-0.2, 0) is 9.84 Å². The molecule has 0 aliphatic carbocycles. The summed E-state index contributed by atoms with van der Waals surface area (Å²) in [7, 11) is -3.68. The highest BCUT2D eigenvalue weighted by molar-refractivity contribution is 7.91. The van der Waals surface area contributed by atoms with Gasteiger partial charge in [-0.05, 0) is 25.0 Å². The number of likely N-dealkylation sites (tertiary alicyclic amines) is 1. The molecule has 0 bridgehead atoms. The number of nitrogens with two attached hydrogens (primary N) is 1. The SMILES string of the molecule is NC(=NCCS(=O)(=O)c1ccccc1F)N1CCCCCC1. The van der Waals surface area contributed by atoms with Gasteiger partial charge in [0.05, 0.1) is 12.3 Å². The molecule has 1 aromatic rings. The molecule has 1 saturated heterocycles. The third kappa shape index (κ3) is 4.43. The van der Waals surface area contributed by atoms with Crippen LogP contribution in [0, 0.1) is 5.82 Å². The lowest BCUT2D eigenvalue weighted by molar-refractivity contribution is 0.429. The number of hydrogen-bond acceptors (Lipinski definition) is 3. The summed E-state index contributed by atoms with van der Waals surface area (Å²) >= 11 is 0. The second kappa shape index (κ2) is 7.58. The third-order valence-corrected chi connectivity index (χ3v) is 5.46. The number of benzene rings is 1. The van der Waals surface area contributed by atoms with E-state index >= 15 is 0 Å². The van der Waals surface area contributed by atoms with Gasteiger partial charge >= 0.3 is 0 Å². The van der Waals surface area contributed by atoms with Crippen molar-refractivity contribution in [2.75, 3.05) is 25.4 Å². The smallest absolute Gasteiger partial charge is 0.191 e. The van der Waals surface area contributed by atoms with Crippen LogP contribution in [0.15, 0.2) is 34.2 Å². The van der Waals surface area contributed by atoms with Crippen molar-refractivity contribution in [3.8, 4) is 0 Å². The van der Waals surface area contributed by atoms with Gasteiger partial charge in [0.15, 0.2) is 15.8 Å². The van der Waals surface area contributed by atoms with Crippen LogP contribution in [0.3, 0.4) is 0 Å². The highest BCUT2D eigenvalue weighted by Crippen LogP contribution is 2.15. The second-order valence-corrected chi connectivity index (χ2v) is 7.47. The molecule has 1 aromatic carbocycles. The Morgan fingerprint density at radius 2 is 1.82 bits per heavy atom. The second-order valence-electron chi connectivity index (χ2n) is 5.39. The molecule has 0 unspecified atom stereocenters. The first kappa shape index (κ1) is 16.7. The number of rotatable bonds is 4. The first-order valence-electron chi connectivity index (χ1n) is 7.53. The highest BCUT2D eigenvalue weighted by atomic mass is 32.2. The van der Waals surface area contributed by atoms with Gasteiger partial charge in [0.1, 0.15) is 10.7 Å². The van der Waals surface area contributed by atoms with Crippen LogP contribution < -0.4 is 5.73 Å². The monoisotopic (exact) mass is 327 g/mol. The molecule has 0 amide bonds. The molecule has 0 radical (unpaired) electrons. The first-order chi connectivity index (χ1) is 10.5. The quantitative estimate of drug-likeness (QED) is 0.676. The van der Waals surface area contributed by atoms with Gasteiger partial charge in [-0.2, -0.15) is 0 Å². The molecule has 1 fully saturated rings. The Kier molecular flexibility index (Phi) is 5.76. The predicted molar refractivity (Wildman–Crippen MR) is 85.0 cm³/mol. The number of aliphatic imine (C=N–C) groups is 1. The summed E-state index contributed by atoms with van der Waals surface area (Å²) in [5.41, 5.74) is 5.92. The van der Waals surface area contributed by atoms with E-state index in [-0.39, 0.29) is 17.2 Å². The van der Waals surface area contributed by atoms with E-state index in [0.29, 0.717) is 5.96 Å². The molecule has 1 aliphatic rings. The Labute approximate surface area is 130 Å². The molecule has 2 rings (SSSR count). The lowest BCUT2D eigenvalue weighted by Crippen LogP contribution is -2.38. The van der Waals surface area contributed by atoms with Crippen LogP contribution in [0.2, 0.25) is 0 Å². The van der Waals surface area contributed by atoms with Gasteiger partial charge in [-0.15, -0.1) is 0 Å². The van der Waals surface area contributed by atoms with Gasteiger partial charge in [0, 0.05) is 13.1 Å². The maximum absolute atomic E-state index is 13.6. The highest BCUT2D eigenvalue weighted by Gasteiger charge is 2.18. The predicted octanol–water partition coefficient (Wildman–Crippen LogP) is 1.79. The summed E-state index contributed by atoms with van der Waals surface area (Å²) in [5.74, 6) is -0.597. The molecule has 7 heteroatoms. The summed E-state index contributed by atoms with van der Waals surface area (Å²) in [6.07, 6.45) is 4.52. The first-order valence-corrected chi connectivity index (χ1v) is 9.18. The van der Waals surface area contributed by atoms with E-state index in [1.54, 1.807) is 0 Å². The van der Waals surface area contributed by atoms with Gasteiger partial charge in [0.2, 0.25) is 0 Å². The van der Waals surface area contributed by atoms with Crippen LogP contribution in [-0.4, -0.2) is 44.7 Å². The third-order valence-electron chi connectivity index (χ3n) is 3.74. The topological polar surface area (TPSA) is 75.8 Å². The molecular formula is C15H22FN3O2S. The molecule has 5 nitrogen and oxygen atoms in total. The average Bonchev–Trinajstić information content (AvgIpc) is 2.76. The number of sulfone groups is 1. The summed E-state index contributed by atoms with van der Waals surface area (Å²) in [4.78, 5) is 5.86. The van der Waals surface area contributed by atoms with Crippen molar-refractivity contribution in [2.24, 2.45) is 10.7 Å². The van der Waals surface area contributed by atoms with Crippen molar-refractivity contribution in [3.05, 3.63) is 30.1 Å². The van der Waals surface area contributed by atoms with Crippen molar-refractivity contribution in [3.63, 3.8) is 0 Å². The zero-order chi connectivity index (χ0) is 16.0. The van der Waals surface area contributed by atoms with Crippen LogP contribution >= 0.6 is 0 Å². The Hall–Kier alpha value is -1.63. The van der Waals surface area contributed by atoms with Gasteiger partial charge in [0.25, 0.3) is 0 Å². The van der Waals surface area contributed by atoms with Gasteiger partial charge < -0.3 is 10.6 Å². The fraction of sp³-hybridized carbons (Fsp3) is 0.533. The molecule has 122 valence electrons. The summed E-state index contributed by atoms with van der Waals surface area (Å²) in [5, 5.41) is 0. The van der Waals surface area contributed by atoms with Crippen LogP contribution in [0.25, 0.3) is 0 Å². The molecule has 0 spiro atoms. The molecule has 1 aliphatic heterocycles. The van der Waals surface area contributed by atoms with Crippen LogP contribution in [0.4, 0.5) is 4.39 Å². The zero-order valence-electron chi connectivity index (χ0n) is 12.5. The van der Waals surface area contributed by atoms with E-state index in [0.717, 1.165) is 32.0 Å². The van der Waals surface area contributed by atoms with E-state index in [9.17, 15) is 12.8 Å². The molecule has 0 atom stereocenters. The Balaban J connectivity index is 1.97. The van der Waals surface area contributed by atoms with Gasteiger partial charge in [-0.1, -0.05) is 25.0 Å². The number of nitrogens with zero attached hydrogens (tertiary/aromatic N) is 2. The van der Waals surface area contributed by atoms with Crippen LogP contribution in [0.1, 0.15) is 25.7 Å². The van der Waals surface area contributed by atoms with E-state index < -0.39 is 15.7 Å². The summed E-state index contributed by atoms with van der Waals surface area (Å²) in [6.45, 7) is 1.75. The lowest BCUT2D eigenvalue weighted by Gasteiger charge is -2.21. The maximum Gasteiger partial charge on any atom is 0.191 e. The molecule has 0 saturated carbocycles. The fourth-order valence-electron chi connectivity index (χ4n) is 2.49. The van der Waals surface area contributed by atoms with Crippen molar-refractivity contribution in [1.82, 2.24) is 4.90 Å². The molecular weight excluding hydrogens is 305 g/mol. The van der Waals surface area contributed by atoms with Gasteiger partial charge in [-0.25, -0.2) is 12.8 Å². The number of guanidine groups is 1. The van der Waals surface area contributed by atoms with Crippen molar-refractivity contribution in [1.29, 1.82) is 0 Å². The van der Waals surface area contributed by atoms with Crippen molar-refractivity contribution < 1.29 is 12.8 Å². The zero-order valence-corrected chi connectivity index (χ0v) is 13.4. The standard InChI is InChI=1S/C15H22FN3O2S/c16-13-7-3-4-8-14(13)22(20,21)12-9-18-15(17)19-10-5-1-2-6-11-19/h3-4,7-8H,1-2,5-6,9-12H2,(H2,17,18). The summed E-state index contributed by atoms with van der Waals surface area (Å²) in [6, 6.07) is 5.38. The average molecular weight is 327 g/mol. The molecule has 0 aromatic heterocycles. The minimum absolute atomic E-state index is 0.0407. The van der Waals surface area contributed by atoms with E-state index in [1.165, 1.54) is 31.0 Å². The minimum Gasteiger partial charge on any atom is -0.370 e. The normalized spacial score (nSPS) is 17.3. The van der Waals surface area contributed by atoms with E-state index in [2.05, 4.69) is 4.99 Å². The molecule has 1 heterocycles.